The number of nitrogens with zero attached hydrogens (tertiary/aromatic N) is 3. The van der Waals surface area contributed by atoms with Crippen LogP contribution < -0.4 is 5.73 Å². The van der Waals surface area contributed by atoms with Gasteiger partial charge in [-0.05, 0) is 43.5 Å². The molecule has 0 aliphatic rings. The fourth-order valence-corrected chi connectivity index (χ4v) is 2.26. The number of hydrogen-bond acceptors (Lipinski definition) is 3. The Morgan fingerprint density at radius 3 is 2.39 bits per heavy atom. The van der Waals surface area contributed by atoms with E-state index < -0.39 is 0 Å². The Morgan fingerprint density at radius 2 is 1.83 bits per heavy atom. The molecular formula is C14H20N4. The van der Waals surface area contributed by atoms with Crippen molar-refractivity contribution in [1.29, 1.82) is 0 Å². The average Bonchev–Trinajstić information content (AvgIpc) is 2.71. The minimum Gasteiger partial charge on any atom is -0.325 e. The predicted molar refractivity (Wildman–Crippen MR) is 72.7 cm³/mol. The van der Waals surface area contributed by atoms with Gasteiger partial charge in [0.05, 0.1) is 17.1 Å². The van der Waals surface area contributed by atoms with E-state index in [1.165, 1.54) is 11.1 Å². The van der Waals surface area contributed by atoms with E-state index in [2.05, 4.69) is 49.3 Å². The van der Waals surface area contributed by atoms with Gasteiger partial charge in [0, 0.05) is 6.54 Å². The van der Waals surface area contributed by atoms with E-state index in [1.807, 2.05) is 4.68 Å². The summed E-state index contributed by atoms with van der Waals surface area (Å²) in [4.78, 5) is 0. The van der Waals surface area contributed by atoms with Gasteiger partial charge in [0.25, 0.3) is 0 Å². The van der Waals surface area contributed by atoms with Crippen molar-refractivity contribution in [3.05, 3.63) is 40.7 Å². The highest BCUT2D eigenvalue weighted by Crippen LogP contribution is 2.17. The Bertz CT molecular complexity index is 522. The zero-order valence-electron chi connectivity index (χ0n) is 11.3. The number of hydrogen-bond donors (Lipinski definition) is 1. The largest absolute Gasteiger partial charge is 0.325 e. The molecule has 2 aromatic rings. The van der Waals surface area contributed by atoms with Gasteiger partial charge >= 0.3 is 0 Å². The molecule has 2 N–H and O–H groups in total. The predicted octanol–water partition coefficient (Wildman–Crippen LogP) is 2.30. The van der Waals surface area contributed by atoms with Crippen LogP contribution in [0.2, 0.25) is 0 Å². The molecule has 0 unspecified atom stereocenters. The van der Waals surface area contributed by atoms with Gasteiger partial charge in [0.2, 0.25) is 0 Å². The van der Waals surface area contributed by atoms with Crippen LogP contribution in [0.3, 0.4) is 0 Å². The summed E-state index contributed by atoms with van der Waals surface area (Å²) in [6.07, 6.45) is 2.01. The molecule has 4 heteroatoms. The van der Waals surface area contributed by atoms with Crippen LogP contribution in [0.15, 0.2) is 18.2 Å². The molecule has 0 aliphatic carbocycles. The van der Waals surface area contributed by atoms with Crippen molar-refractivity contribution in [2.45, 2.75) is 40.2 Å². The van der Waals surface area contributed by atoms with E-state index in [1.54, 1.807) is 0 Å². The minimum absolute atomic E-state index is 0.445. The van der Waals surface area contributed by atoms with Crippen LogP contribution in [-0.2, 0) is 13.0 Å². The molecule has 0 fully saturated rings. The monoisotopic (exact) mass is 244 g/mol. The SMILES string of the molecule is CCCc1c(CN)nnn1-c1cc(C)cc(C)c1. The summed E-state index contributed by atoms with van der Waals surface area (Å²) >= 11 is 0. The lowest BCUT2D eigenvalue weighted by Crippen LogP contribution is -2.06. The zero-order valence-corrected chi connectivity index (χ0v) is 11.3. The topological polar surface area (TPSA) is 56.7 Å². The van der Waals surface area contributed by atoms with Gasteiger partial charge in [-0.2, -0.15) is 0 Å². The molecule has 2 rings (SSSR count). The van der Waals surface area contributed by atoms with Crippen molar-refractivity contribution in [2.75, 3.05) is 0 Å². The van der Waals surface area contributed by atoms with Crippen molar-refractivity contribution in [3.8, 4) is 5.69 Å². The van der Waals surface area contributed by atoms with E-state index in [0.29, 0.717) is 6.54 Å². The maximum Gasteiger partial charge on any atom is 0.0999 e. The van der Waals surface area contributed by atoms with Gasteiger partial charge in [-0.15, -0.1) is 5.10 Å². The smallest absolute Gasteiger partial charge is 0.0999 e. The van der Waals surface area contributed by atoms with Gasteiger partial charge in [-0.3, -0.25) is 0 Å². The Hall–Kier alpha value is -1.68. The Morgan fingerprint density at radius 1 is 1.17 bits per heavy atom. The quantitative estimate of drug-likeness (QED) is 0.897. The first-order valence-electron chi connectivity index (χ1n) is 6.38. The van der Waals surface area contributed by atoms with Crippen molar-refractivity contribution in [3.63, 3.8) is 0 Å². The van der Waals surface area contributed by atoms with E-state index in [9.17, 15) is 0 Å². The second-order valence-electron chi connectivity index (χ2n) is 4.69. The van der Waals surface area contributed by atoms with E-state index in [-0.39, 0.29) is 0 Å². The fourth-order valence-electron chi connectivity index (χ4n) is 2.26. The molecule has 1 aromatic heterocycles. The average molecular weight is 244 g/mol. The first kappa shape index (κ1) is 12.8. The van der Waals surface area contributed by atoms with Gasteiger partial charge in [-0.25, -0.2) is 4.68 Å². The van der Waals surface area contributed by atoms with Crippen molar-refractivity contribution < 1.29 is 0 Å². The molecule has 4 nitrogen and oxygen atoms in total. The molecule has 0 radical (unpaired) electrons. The van der Waals surface area contributed by atoms with Crippen molar-refractivity contribution in [1.82, 2.24) is 15.0 Å². The normalized spacial score (nSPS) is 10.9. The van der Waals surface area contributed by atoms with Crippen LogP contribution in [-0.4, -0.2) is 15.0 Å². The van der Waals surface area contributed by atoms with Crippen molar-refractivity contribution in [2.24, 2.45) is 5.73 Å². The summed E-state index contributed by atoms with van der Waals surface area (Å²) < 4.78 is 1.92. The molecule has 0 spiro atoms. The van der Waals surface area contributed by atoms with Gasteiger partial charge in [0.1, 0.15) is 0 Å². The zero-order chi connectivity index (χ0) is 13.1. The standard InChI is InChI=1S/C14H20N4/c1-4-5-14-13(9-15)16-17-18(14)12-7-10(2)6-11(3)8-12/h6-8H,4-5,9,15H2,1-3H3. The highest BCUT2D eigenvalue weighted by atomic mass is 15.4. The molecule has 0 atom stereocenters. The van der Waals surface area contributed by atoms with Crippen LogP contribution in [0.1, 0.15) is 35.9 Å². The molecule has 1 aromatic carbocycles. The molecule has 0 bridgehead atoms. The van der Waals surface area contributed by atoms with E-state index >= 15 is 0 Å². The molecule has 0 aliphatic heterocycles. The molecule has 96 valence electrons. The summed E-state index contributed by atoms with van der Waals surface area (Å²) in [5.41, 5.74) is 11.3. The molecule has 0 amide bonds. The lowest BCUT2D eigenvalue weighted by atomic mass is 10.1. The first-order valence-corrected chi connectivity index (χ1v) is 6.38. The summed E-state index contributed by atoms with van der Waals surface area (Å²) in [7, 11) is 0. The summed E-state index contributed by atoms with van der Waals surface area (Å²) in [6, 6.07) is 6.41. The Labute approximate surface area is 108 Å². The van der Waals surface area contributed by atoms with Crippen molar-refractivity contribution >= 4 is 0 Å². The second kappa shape index (κ2) is 5.31. The van der Waals surface area contributed by atoms with E-state index in [4.69, 9.17) is 5.73 Å². The van der Waals surface area contributed by atoms with Gasteiger partial charge in [0.15, 0.2) is 0 Å². The lowest BCUT2D eigenvalue weighted by molar-refractivity contribution is 0.744. The van der Waals surface area contributed by atoms with Gasteiger partial charge in [-0.1, -0.05) is 24.6 Å². The number of aryl methyl sites for hydroxylation is 2. The summed E-state index contributed by atoms with van der Waals surface area (Å²) in [6.45, 7) is 6.78. The first-order chi connectivity index (χ1) is 8.65. The number of benzene rings is 1. The third kappa shape index (κ3) is 2.43. The molecular weight excluding hydrogens is 224 g/mol. The summed E-state index contributed by atoms with van der Waals surface area (Å²) in [5, 5.41) is 8.42. The van der Waals surface area contributed by atoms with Crippen LogP contribution >= 0.6 is 0 Å². The van der Waals surface area contributed by atoms with Gasteiger partial charge < -0.3 is 5.73 Å². The lowest BCUT2D eigenvalue weighted by Gasteiger charge is -2.08. The van der Waals surface area contributed by atoms with E-state index in [0.717, 1.165) is 29.9 Å². The molecule has 0 saturated heterocycles. The van der Waals surface area contributed by atoms with Crippen LogP contribution in [0.5, 0.6) is 0 Å². The summed E-state index contributed by atoms with van der Waals surface area (Å²) in [5.74, 6) is 0. The third-order valence-corrected chi connectivity index (χ3v) is 2.97. The maximum atomic E-state index is 5.72. The highest BCUT2D eigenvalue weighted by Gasteiger charge is 2.12. The number of aromatic nitrogens is 3. The Balaban J connectivity index is 2.52. The third-order valence-electron chi connectivity index (χ3n) is 2.97. The fraction of sp³-hybridized carbons (Fsp3) is 0.429. The van der Waals surface area contributed by atoms with Crippen LogP contribution in [0, 0.1) is 13.8 Å². The molecule has 18 heavy (non-hydrogen) atoms. The van der Waals surface area contributed by atoms with Crippen LogP contribution in [0.4, 0.5) is 0 Å². The molecule has 0 saturated carbocycles. The number of rotatable bonds is 4. The maximum absolute atomic E-state index is 5.72. The molecule has 1 heterocycles. The minimum atomic E-state index is 0.445. The number of nitrogens with two attached hydrogens (primary N) is 1. The highest BCUT2D eigenvalue weighted by molar-refractivity contribution is 5.40. The Kier molecular flexibility index (Phi) is 3.77. The van der Waals surface area contributed by atoms with Crippen LogP contribution in [0.25, 0.3) is 5.69 Å². The second-order valence-corrected chi connectivity index (χ2v) is 4.69.